The molecular weight excluding hydrogens is 329 g/mol. The number of carboxylic acids is 1. The van der Waals surface area contributed by atoms with Gasteiger partial charge in [0.1, 0.15) is 17.3 Å². The summed E-state index contributed by atoms with van der Waals surface area (Å²) in [5.74, 6) is -3.76. The average Bonchev–Trinajstić information content (AvgIpc) is 2.55. The molecule has 25 heavy (non-hydrogen) atoms. The van der Waals surface area contributed by atoms with Crippen molar-refractivity contribution in [3.05, 3.63) is 41.5 Å². The number of anilines is 1. The second-order valence-corrected chi connectivity index (χ2v) is 6.29. The quantitative estimate of drug-likeness (QED) is 0.624. The number of halogens is 1. The van der Waals surface area contributed by atoms with Gasteiger partial charge in [-0.3, -0.25) is 0 Å². The Hall–Kier alpha value is -2.58. The smallest absolute Gasteiger partial charge is 0.338 e. The van der Waals surface area contributed by atoms with Crippen LogP contribution in [0.2, 0.25) is 0 Å². The topological polar surface area (TPSA) is 130 Å². The Morgan fingerprint density at radius 3 is 2.56 bits per heavy atom. The van der Waals surface area contributed by atoms with Gasteiger partial charge in [0.2, 0.25) is 0 Å². The maximum Gasteiger partial charge on any atom is 0.338 e. The highest BCUT2D eigenvalue weighted by molar-refractivity contribution is 5.88. The van der Waals surface area contributed by atoms with Crippen molar-refractivity contribution in [3.63, 3.8) is 0 Å². The number of rotatable bonds is 3. The van der Waals surface area contributed by atoms with Crippen molar-refractivity contribution in [3.8, 4) is 11.3 Å². The first kappa shape index (κ1) is 17.2. The van der Waals surface area contributed by atoms with Crippen LogP contribution in [0, 0.1) is 5.82 Å². The van der Waals surface area contributed by atoms with Gasteiger partial charge in [-0.1, -0.05) is 6.07 Å². The Labute approximate surface area is 143 Å². The second kappa shape index (κ2) is 6.38. The number of hydrogen-bond acceptors (Lipinski definition) is 6. The summed E-state index contributed by atoms with van der Waals surface area (Å²) in [4.78, 5) is 19.5. The number of aliphatic hydroxyl groups is 2. The third-order valence-corrected chi connectivity index (χ3v) is 4.50. The molecule has 0 radical (unpaired) electrons. The van der Waals surface area contributed by atoms with E-state index in [1.165, 1.54) is 12.3 Å². The van der Waals surface area contributed by atoms with Gasteiger partial charge in [-0.25, -0.2) is 19.2 Å². The van der Waals surface area contributed by atoms with Gasteiger partial charge in [-0.05, 0) is 25.0 Å². The lowest BCUT2D eigenvalue weighted by molar-refractivity contribution is -0.182. The number of carboxylic acid groups (broad SMARTS) is 1. The van der Waals surface area contributed by atoms with Crippen LogP contribution >= 0.6 is 0 Å². The zero-order valence-electron chi connectivity index (χ0n) is 13.3. The first-order chi connectivity index (χ1) is 11.8. The van der Waals surface area contributed by atoms with Crippen molar-refractivity contribution in [2.24, 2.45) is 0 Å². The van der Waals surface area contributed by atoms with Gasteiger partial charge in [0, 0.05) is 24.3 Å². The van der Waals surface area contributed by atoms with Gasteiger partial charge in [0.05, 0.1) is 17.5 Å². The highest BCUT2D eigenvalue weighted by Crippen LogP contribution is 2.37. The van der Waals surface area contributed by atoms with E-state index in [9.17, 15) is 19.4 Å². The van der Waals surface area contributed by atoms with Gasteiger partial charge in [-0.2, -0.15) is 0 Å². The lowest BCUT2D eigenvalue weighted by Gasteiger charge is -2.31. The molecule has 0 amide bonds. The van der Waals surface area contributed by atoms with Crippen LogP contribution in [0.3, 0.4) is 0 Å². The van der Waals surface area contributed by atoms with Crippen LogP contribution in [0.15, 0.2) is 24.4 Å². The van der Waals surface area contributed by atoms with Gasteiger partial charge < -0.3 is 21.1 Å². The molecule has 132 valence electrons. The Morgan fingerprint density at radius 2 is 1.96 bits per heavy atom. The van der Waals surface area contributed by atoms with Crippen molar-refractivity contribution < 1.29 is 24.5 Å². The van der Waals surface area contributed by atoms with E-state index >= 15 is 0 Å². The van der Waals surface area contributed by atoms with E-state index in [1.54, 1.807) is 0 Å². The Morgan fingerprint density at radius 1 is 1.28 bits per heavy atom. The fraction of sp³-hybridized carbons (Fsp3) is 0.353. The molecule has 1 aliphatic rings. The normalized spacial score (nSPS) is 17.4. The monoisotopic (exact) mass is 347 g/mol. The fourth-order valence-corrected chi connectivity index (χ4v) is 3.03. The third kappa shape index (κ3) is 3.59. The van der Waals surface area contributed by atoms with Crippen LogP contribution in [-0.2, 0) is 0 Å². The molecule has 1 aromatic carbocycles. The van der Waals surface area contributed by atoms with Gasteiger partial charge in [0.25, 0.3) is 0 Å². The number of aromatic carboxylic acids is 1. The van der Waals surface area contributed by atoms with Crippen LogP contribution in [0.25, 0.3) is 11.3 Å². The minimum absolute atomic E-state index is 0.00224. The zero-order chi connectivity index (χ0) is 18.2. The van der Waals surface area contributed by atoms with E-state index in [0.717, 1.165) is 12.1 Å². The molecule has 3 rings (SSSR count). The van der Waals surface area contributed by atoms with Crippen molar-refractivity contribution >= 4 is 11.8 Å². The predicted octanol–water partition coefficient (Wildman–Crippen LogP) is 1.90. The number of nitrogens with zero attached hydrogens (tertiary/aromatic N) is 2. The summed E-state index contributed by atoms with van der Waals surface area (Å²) in [6, 6.07) is 3.66. The van der Waals surface area contributed by atoms with E-state index in [-0.39, 0.29) is 30.3 Å². The summed E-state index contributed by atoms with van der Waals surface area (Å²) in [5, 5.41) is 28.2. The van der Waals surface area contributed by atoms with Crippen molar-refractivity contribution in [2.75, 3.05) is 5.73 Å². The summed E-state index contributed by atoms with van der Waals surface area (Å²) >= 11 is 0. The summed E-state index contributed by atoms with van der Waals surface area (Å²) in [5.41, 5.74) is 6.67. The molecule has 7 nitrogen and oxygen atoms in total. The molecule has 0 unspecified atom stereocenters. The summed E-state index contributed by atoms with van der Waals surface area (Å²) in [6.07, 6.45) is 3.09. The second-order valence-electron chi connectivity index (χ2n) is 6.29. The minimum atomic E-state index is -1.64. The maximum absolute atomic E-state index is 13.9. The van der Waals surface area contributed by atoms with Crippen LogP contribution in [0.5, 0.6) is 0 Å². The number of aromatic nitrogens is 2. The number of benzene rings is 1. The summed E-state index contributed by atoms with van der Waals surface area (Å²) < 4.78 is 13.9. The molecule has 0 atom stereocenters. The Balaban J connectivity index is 1.92. The minimum Gasteiger partial charge on any atom is -0.478 e. The third-order valence-electron chi connectivity index (χ3n) is 4.50. The van der Waals surface area contributed by atoms with Gasteiger partial charge in [-0.15, -0.1) is 0 Å². The van der Waals surface area contributed by atoms with Crippen molar-refractivity contribution in [2.45, 2.75) is 37.4 Å². The molecule has 0 aliphatic heterocycles. The first-order valence-corrected chi connectivity index (χ1v) is 7.87. The first-order valence-electron chi connectivity index (χ1n) is 7.87. The molecule has 2 aromatic rings. The molecule has 1 aromatic heterocycles. The molecule has 1 heterocycles. The Bertz CT molecular complexity index is 816. The van der Waals surface area contributed by atoms with E-state index < -0.39 is 23.1 Å². The number of carbonyl (C=O) groups is 1. The Kier molecular flexibility index (Phi) is 4.40. The predicted molar refractivity (Wildman–Crippen MR) is 87.2 cm³/mol. The summed E-state index contributed by atoms with van der Waals surface area (Å²) in [7, 11) is 0. The number of nitrogens with two attached hydrogens (primary N) is 1. The molecule has 0 spiro atoms. The molecule has 8 heteroatoms. The molecule has 0 bridgehead atoms. The van der Waals surface area contributed by atoms with Gasteiger partial charge in [0.15, 0.2) is 5.79 Å². The highest BCUT2D eigenvalue weighted by Gasteiger charge is 2.32. The summed E-state index contributed by atoms with van der Waals surface area (Å²) in [6.45, 7) is 0. The number of hydrogen-bond donors (Lipinski definition) is 4. The fourth-order valence-electron chi connectivity index (χ4n) is 3.03. The molecule has 5 N–H and O–H groups in total. The molecule has 1 aliphatic carbocycles. The van der Waals surface area contributed by atoms with Crippen LogP contribution in [0.4, 0.5) is 10.2 Å². The molecule has 1 fully saturated rings. The standard InChI is InChI=1S/C17H18FN3O4/c18-12-7-10(1-2-11(12)16(22)23)14-15(19)20-8-13(21-14)9-3-5-17(24,25)6-4-9/h1-2,7-9,24-25H,3-6H2,(H2,19,20)(H,22,23). The molecular formula is C17H18FN3O4. The van der Waals surface area contributed by atoms with E-state index in [2.05, 4.69) is 9.97 Å². The lowest BCUT2D eigenvalue weighted by Crippen LogP contribution is -2.33. The SMILES string of the molecule is Nc1ncc(C2CCC(O)(O)CC2)nc1-c1ccc(C(=O)O)c(F)c1. The van der Waals surface area contributed by atoms with Crippen LogP contribution in [0.1, 0.15) is 47.7 Å². The number of nitrogen functional groups attached to an aromatic ring is 1. The van der Waals surface area contributed by atoms with Crippen molar-refractivity contribution in [1.82, 2.24) is 9.97 Å². The van der Waals surface area contributed by atoms with Crippen LogP contribution < -0.4 is 5.73 Å². The maximum atomic E-state index is 13.9. The average molecular weight is 347 g/mol. The molecule has 1 saturated carbocycles. The van der Waals surface area contributed by atoms with E-state index in [1.807, 2.05) is 0 Å². The largest absolute Gasteiger partial charge is 0.478 e. The zero-order valence-corrected chi connectivity index (χ0v) is 13.3. The van der Waals surface area contributed by atoms with Crippen LogP contribution in [-0.4, -0.2) is 37.0 Å². The van der Waals surface area contributed by atoms with E-state index in [0.29, 0.717) is 24.1 Å². The van der Waals surface area contributed by atoms with Gasteiger partial charge >= 0.3 is 5.97 Å². The van der Waals surface area contributed by atoms with Crippen molar-refractivity contribution in [1.29, 1.82) is 0 Å². The van der Waals surface area contributed by atoms with E-state index in [4.69, 9.17) is 10.8 Å². The highest BCUT2D eigenvalue weighted by atomic mass is 19.1. The molecule has 0 saturated heterocycles. The lowest BCUT2D eigenvalue weighted by atomic mass is 9.83.